The van der Waals surface area contributed by atoms with E-state index < -0.39 is 0 Å². The summed E-state index contributed by atoms with van der Waals surface area (Å²) in [6, 6.07) is 1.94. The predicted octanol–water partition coefficient (Wildman–Crippen LogP) is 2.60. The van der Waals surface area contributed by atoms with E-state index in [1.165, 1.54) is 10.5 Å². The largest absolute Gasteiger partial charge is 0.397 e. The Hall–Kier alpha value is -0.480. The quantitative estimate of drug-likeness (QED) is 0.587. The van der Waals surface area contributed by atoms with E-state index in [0.717, 1.165) is 4.90 Å². The molecule has 0 atom stereocenters. The molecule has 2 nitrogen and oxygen atoms in total. The molecule has 0 aliphatic carbocycles. The third-order valence-corrected chi connectivity index (χ3v) is 3.77. The molecule has 72 valence electrons. The lowest BCUT2D eigenvalue weighted by Crippen LogP contribution is -1.99. The van der Waals surface area contributed by atoms with Crippen LogP contribution >= 0.6 is 23.5 Å². The summed E-state index contributed by atoms with van der Waals surface area (Å²) >= 11 is 3.35. The summed E-state index contributed by atoms with van der Waals surface area (Å²) in [5, 5.41) is 0. The van der Waals surface area contributed by atoms with Crippen LogP contribution in [0.25, 0.3) is 0 Å². The zero-order valence-corrected chi connectivity index (χ0v) is 9.68. The number of thioether (sulfide) groups is 2. The highest BCUT2D eigenvalue weighted by atomic mass is 32.2. The highest BCUT2D eigenvalue weighted by Gasteiger charge is 2.09. The van der Waals surface area contributed by atoms with Crippen molar-refractivity contribution >= 4 is 34.9 Å². The second kappa shape index (κ2) is 4.15. The zero-order chi connectivity index (χ0) is 10.0. The Bertz CT molecular complexity index is 324. The van der Waals surface area contributed by atoms with Gasteiger partial charge in [-0.15, -0.1) is 23.5 Å². The van der Waals surface area contributed by atoms with Gasteiger partial charge in [-0.05, 0) is 31.1 Å². The van der Waals surface area contributed by atoms with Crippen LogP contribution in [0.5, 0.6) is 0 Å². The molecule has 0 unspecified atom stereocenters. The summed E-state index contributed by atoms with van der Waals surface area (Å²) in [6.45, 7) is 2.08. The minimum Gasteiger partial charge on any atom is -0.397 e. The van der Waals surface area contributed by atoms with Crippen LogP contribution in [0, 0.1) is 6.92 Å². The molecule has 0 heterocycles. The van der Waals surface area contributed by atoms with Gasteiger partial charge in [0.1, 0.15) is 0 Å². The van der Waals surface area contributed by atoms with Crippen LogP contribution in [0.4, 0.5) is 11.4 Å². The Balaban J connectivity index is 3.39. The highest BCUT2D eigenvalue weighted by molar-refractivity contribution is 7.99. The minimum absolute atomic E-state index is 0.680. The second-order valence-corrected chi connectivity index (χ2v) is 4.40. The summed E-state index contributed by atoms with van der Waals surface area (Å²) < 4.78 is 0. The van der Waals surface area contributed by atoms with Crippen molar-refractivity contribution in [2.24, 2.45) is 0 Å². The molecule has 13 heavy (non-hydrogen) atoms. The van der Waals surface area contributed by atoms with Gasteiger partial charge in [-0.25, -0.2) is 0 Å². The fourth-order valence-electron chi connectivity index (χ4n) is 1.25. The number of benzene rings is 1. The summed E-state index contributed by atoms with van der Waals surface area (Å²) in [4.78, 5) is 2.31. The van der Waals surface area contributed by atoms with Crippen molar-refractivity contribution in [3.8, 4) is 0 Å². The van der Waals surface area contributed by atoms with Gasteiger partial charge < -0.3 is 11.5 Å². The summed E-state index contributed by atoms with van der Waals surface area (Å²) in [7, 11) is 0. The average molecular weight is 214 g/mol. The van der Waals surface area contributed by atoms with Crippen LogP contribution in [0.3, 0.4) is 0 Å². The molecule has 1 rings (SSSR count). The first kappa shape index (κ1) is 10.6. The standard InChI is InChI=1S/C9H14N2S2/c1-5-7(12-2)4-6(10)8(11)9(5)13-3/h4H,10-11H2,1-3H3. The fraction of sp³-hybridized carbons (Fsp3) is 0.333. The molecule has 0 spiro atoms. The smallest absolute Gasteiger partial charge is 0.0689 e. The number of hydrogen-bond acceptors (Lipinski definition) is 4. The van der Waals surface area contributed by atoms with E-state index in [4.69, 9.17) is 11.5 Å². The first-order valence-corrected chi connectivity index (χ1v) is 6.33. The van der Waals surface area contributed by atoms with Gasteiger partial charge in [0, 0.05) is 9.79 Å². The maximum atomic E-state index is 5.86. The third-order valence-electron chi connectivity index (χ3n) is 1.98. The van der Waals surface area contributed by atoms with Crippen molar-refractivity contribution in [1.82, 2.24) is 0 Å². The highest BCUT2D eigenvalue weighted by Crippen LogP contribution is 2.37. The van der Waals surface area contributed by atoms with Crippen molar-refractivity contribution in [2.75, 3.05) is 24.0 Å². The molecule has 4 N–H and O–H groups in total. The van der Waals surface area contributed by atoms with E-state index >= 15 is 0 Å². The first-order valence-electron chi connectivity index (χ1n) is 3.88. The molecule has 0 aromatic heterocycles. The average Bonchev–Trinajstić information content (AvgIpc) is 2.12. The molecule has 0 aliphatic heterocycles. The lowest BCUT2D eigenvalue weighted by molar-refractivity contribution is 1.20. The van der Waals surface area contributed by atoms with Gasteiger partial charge in [0.25, 0.3) is 0 Å². The fourth-order valence-corrected chi connectivity index (χ4v) is 2.72. The SMILES string of the molecule is CSc1cc(N)c(N)c(SC)c1C. The molecule has 4 heteroatoms. The number of anilines is 2. The summed E-state index contributed by atoms with van der Waals surface area (Å²) in [5.41, 5.74) is 14.3. The molecule has 0 bridgehead atoms. The minimum atomic E-state index is 0.680. The van der Waals surface area contributed by atoms with Crippen molar-refractivity contribution in [1.29, 1.82) is 0 Å². The van der Waals surface area contributed by atoms with E-state index in [0.29, 0.717) is 11.4 Å². The Morgan fingerprint density at radius 3 is 2.23 bits per heavy atom. The molecule has 0 saturated carbocycles. The van der Waals surface area contributed by atoms with Crippen molar-refractivity contribution in [3.05, 3.63) is 11.6 Å². The van der Waals surface area contributed by atoms with Crippen LogP contribution in [-0.2, 0) is 0 Å². The number of nitrogen functional groups attached to an aromatic ring is 2. The van der Waals surface area contributed by atoms with Crippen LogP contribution in [-0.4, -0.2) is 12.5 Å². The van der Waals surface area contributed by atoms with E-state index in [1.807, 2.05) is 18.6 Å². The van der Waals surface area contributed by atoms with Crippen molar-refractivity contribution in [3.63, 3.8) is 0 Å². The summed E-state index contributed by atoms with van der Waals surface area (Å²) in [5.74, 6) is 0. The maximum absolute atomic E-state index is 5.86. The van der Waals surface area contributed by atoms with Crippen molar-refractivity contribution in [2.45, 2.75) is 16.7 Å². The van der Waals surface area contributed by atoms with Crippen molar-refractivity contribution < 1.29 is 0 Å². The van der Waals surface area contributed by atoms with E-state index in [-0.39, 0.29) is 0 Å². The topological polar surface area (TPSA) is 52.0 Å². The molecule has 0 amide bonds. The second-order valence-electron chi connectivity index (χ2n) is 2.74. The first-order chi connectivity index (χ1) is 6.11. The molecule has 1 aromatic rings. The van der Waals surface area contributed by atoms with Gasteiger partial charge in [-0.2, -0.15) is 0 Å². The lowest BCUT2D eigenvalue weighted by Gasteiger charge is -2.12. The number of nitrogens with two attached hydrogens (primary N) is 2. The van der Waals surface area contributed by atoms with Crippen LogP contribution in [0.1, 0.15) is 5.56 Å². The predicted molar refractivity (Wildman–Crippen MR) is 63.6 cm³/mol. The monoisotopic (exact) mass is 214 g/mol. The molecular formula is C9H14N2S2. The van der Waals surface area contributed by atoms with Gasteiger partial charge >= 0.3 is 0 Å². The molecule has 0 radical (unpaired) electrons. The van der Waals surface area contributed by atoms with Crippen LogP contribution in [0.15, 0.2) is 15.9 Å². The Morgan fingerprint density at radius 1 is 1.15 bits per heavy atom. The summed E-state index contributed by atoms with van der Waals surface area (Å²) in [6.07, 6.45) is 4.06. The van der Waals surface area contributed by atoms with Crippen LogP contribution < -0.4 is 11.5 Å². The van der Waals surface area contributed by atoms with Gasteiger partial charge in [-0.1, -0.05) is 0 Å². The number of rotatable bonds is 2. The third kappa shape index (κ3) is 1.89. The van der Waals surface area contributed by atoms with Gasteiger partial charge in [0.2, 0.25) is 0 Å². The van der Waals surface area contributed by atoms with Crippen LogP contribution in [0.2, 0.25) is 0 Å². The normalized spacial score (nSPS) is 10.4. The Labute approximate surface area is 87.5 Å². The lowest BCUT2D eigenvalue weighted by atomic mass is 10.2. The zero-order valence-electron chi connectivity index (χ0n) is 8.05. The Kier molecular flexibility index (Phi) is 3.39. The van der Waals surface area contributed by atoms with Gasteiger partial charge in [0.05, 0.1) is 11.4 Å². The molecule has 0 saturated heterocycles. The maximum Gasteiger partial charge on any atom is 0.0689 e. The molecular weight excluding hydrogens is 200 g/mol. The molecule has 1 aromatic carbocycles. The van der Waals surface area contributed by atoms with Gasteiger partial charge in [-0.3, -0.25) is 0 Å². The Morgan fingerprint density at radius 2 is 1.77 bits per heavy atom. The molecule has 0 fully saturated rings. The molecule has 0 aliphatic rings. The number of hydrogen-bond donors (Lipinski definition) is 2. The van der Waals surface area contributed by atoms with E-state index in [9.17, 15) is 0 Å². The van der Waals surface area contributed by atoms with E-state index in [1.54, 1.807) is 23.5 Å². The van der Waals surface area contributed by atoms with Gasteiger partial charge in [0.15, 0.2) is 0 Å². The van der Waals surface area contributed by atoms with E-state index in [2.05, 4.69) is 6.92 Å².